The van der Waals surface area contributed by atoms with Crippen molar-refractivity contribution in [3.05, 3.63) is 58.2 Å². The minimum atomic E-state index is -0.485. The molecule has 7 heteroatoms. The zero-order valence-corrected chi connectivity index (χ0v) is 15.9. The highest BCUT2D eigenvalue weighted by molar-refractivity contribution is 7.71. The summed E-state index contributed by atoms with van der Waals surface area (Å²) in [6, 6.07) is 13.3. The Hall–Kier alpha value is -2.25. The Kier molecular flexibility index (Phi) is 4.87. The molecule has 1 atom stereocenters. The molecule has 1 aromatic carbocycles. The van der Waals surface area contributed by atoms with Gasteiger partial charge < -0.3 is 5.32 Å². The number of rotatable bonds is 5. The normalized spacial score (nSPS) is 12.8. The maximum Gasteiger partial charge on any atom is 0.243 e. The lowest BCUT2D eigenvalue weighted by atomic mass is 9.94. The molecule has 2 heterocycles. The maximum absolute atomic E-state index is 12.9. The summed E-state index contributed by atoms with van der Waals surface area (Å²) >= 11 is 6.91. The lowest BCUT2D eigenvalue weighted by Crippen LogP contribution is -2.44. The third-order valence-electron chi connectivity index (χ3n) is 4.14. The number of hydrogen-bond donors (Lipinski definition) is 2. The van der Waals surface area contributed by atoms with E-state index in [1.165, 1.54) is 0 Å². The van der Waals surface area contributed by atoms with E-state index >= 15 is 0 Å². The second kappa shape index (κ2) is 6.93. The van der Waals surface area contributed by atoms with Gasteiger partial charge in [0.25, 0.3) is 0 Å². The second-order valence-corrected chi connectivity index (χ2v) is 7.69. The van der Waals surface area contributed by atoms with Gasteiger partial charge in [-0.05, 0) is 50.0 Å². The number of hydrogen-bond acceptors (Lipinski definition) is 4. The van der Waals surface area contributed by atoms with Crippen molar-refractivity contribution < 1.29 is 4.79 Å². The van der Waals surface area contributed by atoms with Crippen LogP contribution in [0.2, 0.25) is 0 Å². The lowest BCUT2D eigenvalue weighted by molar-refractivity contribution is -0.125. The summed E-state index contributed by atoms with van der Waals surface area (Å²) in [6.07, 6.45) is 0. The van der Waals surface area contributed by atoms with Gasteiger partial charge in [-0.15, -0.1) is 11.3 Å². The van der Waals surface area contributed by atoms with Crippen LogP contribution in [0.3, 0.4) is 0 Å². The fourth-order valence-electron chi connectivity index (χ4n) is 2.70. The molecule has 0 saturated heterocycles. The van der Waals surface area contributed by atoms with Crippen molar-refractivity contribution in [1.82, 2.24) is 20.1 Å². The monoisotopic (exact) mass is 372 g/mol. The number of aromatic nitrogens is 3. The topological polar surface area (TPSA) is 62.7 Å². The van der Waals surface area contributed by atoms with E-state index in [2.05, 4.69) is 15.5 Å². The van der Waals surface area contributed by atoms with E-state index in [1.54, 1.807) is 15.9 Å². The number of benzene rings is 1. The highest BCUT2D eigenvalue weighted by Gasteiger charge is 2.28. The molecule has 0 spiro atoms. The Morgan fingerprint density at radius 3 is 2.64 bits per heavy atom. The molecule has 0 radical (unpaired) electrons. The van der Waals surface area contributed by atoms with E-state index < -0.39 is 11.6 Å². The first-order valence-electron chi connectivity index (χ1n) is 7.98. The Labute approximate surface area is 155 Å². The van der Waals surface area contributed by atoms with Crippen molar-refractivity contribution in [2.45, 2.75) is 32.4 Å². The number of carbonyl (C=O) groups is 1. The van der Waals surface area contributed by atoms with E-state index in [-0.39, 0.29) is 5.91 Å². The molecular formula is C18H20N4OS2. The third-order valence-corrected chi connectivity index (χ3v) is 5.30. The fourth-order valence-corrected chi connectivity index (χ4v) is 3.70. The van der Waals surface area contributed by atoms with Crippen LogP contribution in [-0.4, -0.2) is 20.7 Å². The molecule has 2 aromatic heterocycles. The third kappa shape index (κ3) is 3.57. The van der Waals surface area contributed by atoms with Crippen LogP contribution in [-0.2, 0) is 10.3 Å². The van der Waals surface area contributed by atoms with Gasteiger partial charge in [-0.3, -0.25) is 14.5 Å². The molecule has 0 bridgehead atoms. The second-order valence-electron chi connectivity index (χ2n) is 6.36. The number of thiophene rings is 1. The molecule has 0 unspecified atom stereocenters. The van der Waals surface area contributed by atoms with Crippen molar-refractivity contribution in [2.75, 3.05) is 0 Å². The van der Waals surface area contributed by atoms with Crippen molar-refractivity contribution in [2.24, 2.45) is 0 Å². The van der Waals surface area contributed by atoms with Gasteiger partial charge >= 0.3 is 0 Å². The molecule has 0 aliphatic carbocycles. The van der Waals surface area contributed by atoms with Gasteiger partial charge in [0.15, 0.2) is 10.6 Å². The zero-order chi connectivity index (χ0) is 18.0. The Morgan fingerprint density at radius 2 is 2.00 bits per heavy atom. The molecule has 0 aliphatic rings. The smallest absolute Gasteiger partial charge is 0.243 e. The summed E-state index contributed by atoms with van der Waals surface area (Å²) < 4.78 is 2.20. The quantitative estimate of drug-likeness (QED) is 0.657. The highest BCUT2D eigenvalue weighted by Crippen LogP contribution is 2.26. The number of nitrogens with one attached hydrogen (secondary N) is 2. The molecule has 1 amide bonds. The molecule has 0 saturated carbocycles. The van der Waals surface area contributed by atoms with Crippen molar-refractivity contribution in [1.29, 1.82) is 0 Å². The van der Waals surface area contributed by atoms with Crippen LogP contribution in [0.15, 0.2) is 47.8 Å². The number of amides is 1. The van der Waals surface area contributed by atoms with Crippen molar-refractivity contribution in [3.8, 4) is 10.7 Å². The maximum atomic E-state index is 12.9. The SMILES string of the molecule is C[C@@H](C(=O)NC(C)(C)c1ccccc1)n1c(-c2cccs2)n[nH]c1=S. The van der Waals surface area contributed by atoms with E-state index in [0.29, 0.717) is 10.6 Å². The van der Waals surface area contributed by atoms with Gasteiger partial charge in [-0.1, -0.05) is 36.4 Å². The van der Waals surface area contributed by atoms with Crippen LogP contribution in [0.25, 0.3) is 10.7 Å². The number of carbonyl (C=O) groups excluding carboxylic acids is 1. The standard InChI is InChI=1S/C18H20N4OS2/c1-12(16(23)19-18(2,3)13-8-5-4-6-9-13)22-15(20-21-17(22)24)14-10-7-11-25-14/h4-12H,1-3H3,(H,19,23)(H,21,24)/t12-/m0/s1. The van der Waals surface area contributed by atoms with Gasteiger partial charge in [-0.25, -0.2) is 0 Å². The average molecular weight is 373 g/mol. The predicted molar refractivity (Wildman–Crippen MR) is 103 cm³/mol. The van der Waals surface area contributed by atoms with Crippen LogP contribution < -0.4 is 5.32 Å². The lowest BCUT2D eigenvalue weighted by Gasteiger charge is -2.29. The number of aromatic amines is 1. The first kappa shape index (κ1) is 17.6. The number of H-pyrrole nitrogens is 1. The largest absolute Gasteiger partial charge is 0.345 e. The molecular weight excluding hydrogens is 352 g/mol. The summed E-state index contributed by atoms with van der Waals surface area (Å²) in [7, 11) is 0. The van der Waals surface area contributed by atoms with Gasteiger partial charge in [0, 0.05) is 0 Å². The first-order chi connectivity index (χ1) is 11.9. The molecule has 0 aliphatic heterocycles. The summed E-state index contributed by atoms with van der Waals surface area (Å²) in [5.74, 6) is 0.573. The van der Waals surface area contributed by atoms with Crippen LogP contribution in [0.4, 0.5) is 0 Å². The van der Waals surface area contributed by atoms with Gasteiger partial charge in [0.1, 0.15) is 6.04 Å². The van der Waals surface area contributed by atoms with E-state index in [4.69, 9.17) is 12.2 Å². The van der Waals surface area contributed by atoms with Crippen LogP contribution >= 0.6 is 23.6 Å². The van der Waals surface area contributed by atoms with E-state index in [0.717, 1.165) is 10.4 Å². The summed E-state index contributed by atoms with van der Waals surface area (Å²) in [5, 5.41) is 12.2. The predicted octanol–water partition coefficient (Wildman–Crippen LogP) is 4.28. The average Bonchev–Trinajstić information content (AvgIpc) is 3.24. The van der Waals surface area contributed by atoms with Crippen LogP contribution in [0.1, 0.15) is 32.4 Å². The van der Waals surface area contributed by atoms with Crippen molar-refractivity contribution in [3.63, 3.8) is 0 Å². The highest BCUT2D eigenvalue weighted by atomic mass is 32.1. The van der Waals surface area contributed by atoms with E-state index in [9.17, 15) is 4.79 Å². The molecule has 3 rings (SSSR count). The molecule has 25 heavy (non-hydrogen) atoms. The first-order valence-corrected chi connectivity index (χ1v) is 9.27. The Morgan fingerprint density at radius 1 is 1.28 bits per heavy atom. The van der Waals surface area contributed by atoms with Gasteiger partial charge in [0.2, 0.25) is 5.91 Å². The molecule has 5 nitrogen and oxygen atoms in total. The molecule has 2 N–H and O–H groups in total. The summed E-state index contributed by atoms with van der Waals surface area (Å²) in [6.45, 7) is 5.81. The van der Waals surface area contributed by atoms with Gasteiger partial charge in [-0.2, -0.15) is 5.10 Å². The van der Waals surface area contributed by atoms with Crippen molar-refractivity contribution >= 4 is 29.5 Å². The minimum Gasteiger partial charge on any atom is -0.345 e. The molecule has 0 fully saturated rings. The van der Waals surface area contributed by atoms with Gasteiger partial charge in [0.05, 0.1) is 10.4 Å². The zero-order valence-electron chi connectivity index (χ0n) is 14.3. The van der Waals surface area contributed by atoms with E-state index in [1.807, 2.05) is 68.6 Å². The number of nitrogens with zero attached hydrogens (tertiary/aromatic N) is 2. The molecule has 130 valence electrons. The Bertz CT molecular complexity index is 910. The van der Waals surface area contributed by atoms with Crippen LogP contribution in [0, 0.1) is 4.77 Å². The fraction of sp³-hybridized carbons (Fsp3) is 0.278. The minimum absolute atomic E-state index is 0.107. The van der Waals surface area contributed by atoms with Crippen LogP contribution in [0.5, 0.6) is 0 Å². The summed E-state index contributed by atoms with van der Waals surface area (Å²) in [4.78, 5) is 13.9. The molecule has 3 aromatic rings. The Balaban J connectivity index is 1.87. The summed E-state index contributed by atoms with van der Waals surface area (Å²) in [5.41, 5.74) is 0.562.